The third-order valence-electron chi connectivity index (χ3n) is 4.07. The Bertz CT molecular complexity index is 691. The van der Waals surface area contributed by atoms with E-state index in [1.165, 1.54) is 0 Å². The second kappa shape index (κ2) is 13.4. The second-order valence-electron chi connectivity index (χ2n) is 6.68. The van der Waals surface area contributed by atoms with Gasteiger partial charge < -0.3 is 20.5 Å². The van der Waals surface area contributed by atoms with Gasteiger partial charge in [0.2, 0.25) is 0 Å². The fourth-order valence-corrected chi connectivity index (χ4v) is 2.69. The minimum Gasteiger partial charge on any atom is -0.491 e. The molecule has 0 bridgehead atoms. The molecule has 0 amide bonds. The highest BCUT2D eigenvalue weighted by molar-refractivity contribution is 14.0. The first-order valence-electron chi connectivity index (χ1n) is 9.56. The van der Waals surface area contributed by atoms with Crippen LogP contribution in [0.4, 0.5) is 0 Å². The van der Waals surface area contributed by atoms with Gasteiger partial charge in [-0.3, -0.25) is 0 Å². The highest BCUT2D eigenvalue weighted by Crippen LogP contribution is 2.15. The van der Waals surface area contributed by atoms with Crippen LogP contribution in [0, 0.1) is 0 Å². The van der Waals surface area contributed by atoms with Crippen LogP contribution in [-0.4, -0.2) is 36.9 Å². The molecule has 6 heteroatoms. The summed E-state index contributed by atoms with van der Waals surface area (Å²) in [5.41, 5.74) is 2.23. The summed E-state index contributed by atoms with van der Waals surface area (Å²) in [6.45, 7) is 8.13. The van der Waals surface area contributed by atoms with Crippen LogP contribution in [0.1, 0.15) is 37.8 Å². The van der Waals surface area contributed by atoms with Gasteiger partial charge in [-0.1, -0.05) is 42.5 Å². The van der Waals surface area contributed by atoms with Gasteiger partial charge in [0.05, 0.1) is 19.3 Å². The molecule has 1 unspecified atom stereocenters. The standard InChI is InChI=1S/C22H31N3O2.HI/c1-4-23-22(25-15-20(16-26)19-8-6-5-7-9-19)24-14-18-10-12-21(13-11-18)27-17(2)3;/h5-13,17,20,26H,4,14-16H2,1-3H3,(H2,23,24,25);1H. The molecule has 0 saturated heterocycles. The zero-order valence-corrected chi connectivity index (χ0v) is 19.2. The Balaban J connectivity index is 0.00000392. The first-order chi connectivity index (χ1) is 13.1. The van der Waals surface area contributed by atoms with Crippen molar-refractivity contribution in [2.45, 2.75) is 39.3 Å². The van der Waals surface area contributed by atoms with E-state index < -0.39 is 0 Å². The van der Waals surface area contributed by atoms with Gasteiger partial charge >= 0.3 is 0 Å². The highest BCUT2D eigenvalue weighted by atomic mass is 127. The number of aliphatic hydroxyl groups excluding tert-OH is 1. The Kier molecular flexibility index (Phi) is 11.6. The van der Waals surface area contributed by atoms with Gasteiger partial charge in [-0.15, -0.1) is 24.0 Å². The van der Waals surface area contributed by atoms with E-state index in [0.29, 0.717) is 13.1 Å². The van der Waals surface area contributed by atoms with Crippen molar-refractivity contribution in [3.8, 4) is 5.75 Å². The first kappa shape index (κ1) is 24.2. The molecule has 2 rings (SSSR count). The third kappa shape index (κ3) is 8.48. The molecule has 0 fully saturated rings. The minimum absolute atomic E-state index is 0. The lowest BCUT2D eigenvalue weighted by molar-refractivity contribution is 0.242. The molecule has 0 heterocycles. The molecule has 2 aromatic carbocycles. The fraction of sp³-hybridized carbons (Fsp3) is 0.409. The number of rotatable bonds is 9. The summed E-state index contributed by atoms with van der Waals surface area (Å²) in [6.07, 6.45) is 0.169. The molecule has 0 aliphatic heterocycles. The monoisotopic (exact) mass is 497 g/mol. The van der Waals surface area contributed by atoms with Crippen molar-refractivity contribution in [3.05, 3.63) is 65.7 Å². The van der Waals surface area contributed by atoms with Crippen molar-refractivity contribution >= 4 is 29.9 Å². The maximum absolute atomic E-state index is 9.71. The molecular formula is C22H32IN3O2. The van der Waals surface area contributed by atoms with Crippen molar-refractivity contribution in [2.24, 2.45) is 4.99 Å². The number of ether oxygens (including phenoxy) is 1. The van der Waals surface area contributed by atoms with Gasteiger partial charge in [-0.2, -0.15) is 0 Å². The molecule has 0 spiro atoms. The quantitative estimate of drug-likeness (QED) is 0.279. The molecule has 0 aromatic heterocycles. The molecule has 5 nitrogen and oxygen atoms in total. The van der Waals surface area contributed by atoms with Crippen molar-refractivity contribution < 1.29 is 9.84 Å². The molecule has 2 aromatic rings. The Labute approximate surface area is 185 Å². The van der Waals surface area contributed by atoms with Crippen molar-refractivity contribution in [1.82, 2.24) is 10.6 Å². The molecule has 1 atom stereocenters. The van der Waals surface area contributed by atoms with E-state index in [4.69, 9.17) is 4.74 Å². The lowest BCUT2D eigenvalue weighted by Crippen LogP contribution is -2.39. The van der Waals surface area contributed by atoms with E-state index in [0.717, 1.165) is 29.4 Å². The Morgan fingerprint density at radius 2 is 1.71 bits per heavy atom. The fourth-order valence-electron chi connectivity index (χ4n) is 2.69. The van der Waals surface area contributed by atoms with Crippen LogP contribution >= 0.6 is 24.0 Å². The molecule has 0 saturated carbocycles. The SMILES string of the molecule is CCNC(=NCc1ccc(OC(C)C)cc1)NCC(CO)c1ccccc1.I. The topological polar surface area (TPSA) is 65.9 Å². The number of hydrogen-bond donors (Lipinski definition) is 3. The Morgan fingerprint density at radius 1 is 1.04 bits per heavy atom. The molecule has 0 aliphatic rings. The van der Waals surface area contributed by atoms with Crippen molar-refractivity contribution in [1.29, 1.82) is 0 Å². The molecular weight excluding hydrogens is 465 g/mol. The van der Waals surface area contributed by atoms with Gasteiger partial charge in [-0.05, 0) is 44.0 Å². The highest BCUT2D eigenvalue weighted by Gasteiger charge is 2.10. The summed E-state index contributed by atoms with van der Waals surface area (Å²) < 4.78 is 5.67. The number of guanidine groups is 1. The molecule has 28 heavy (non-hydrogen) atoms. The number of aliphatic hydroxyl groups is 1. The third-order valence-corrected chi connectivity index (χ3v) is 4.07. The number of benzene rings is 2. The largest absolute Gasteiger partial charge is 0.491 e. The maximum atomic E-state index is 9.71. The van der Waals surface area contributed by atoms with E-state index in [1.54, 1.807) is 0 Å². The maximum Gasteiger partial charge on any atom is 0.191 e. The second-order valence-corrected chi connectivity index (χ2v) is 6.68. The van der Waals surface area contributed by atoms with Gasteiger partial charge in [0.25, 0.3) is 0 Å². The normalized spacial score (nSPS) is 12.2. The first-order valence-corrected chi connectivity index (χ1v) is 9.56. The molecule has 0 aliphatic carbocycles. The molecule has 0 radical (unpaired) electrons. The van der Waals surface area contributed by atoms with Crippen LogP contribution < -0.4 is 15.4 Å². The summed E-state index contributed by atoms with van der Waals surface area (Å²) in [4.78, 5) is 4.65. The smallest absolute Gasteiger partial charge is 0.191 e. The van der Waals surface area contributed by atoms with Gasteiger partial charge in [0.1, 0.15) is 5.75 Å². The number of aliphatic imine (C=N–C) groups is 1. The van der Waals surface area contributed by atoms with E-state index in [1.807, 2.05) is 75.4 Å². The van der Waals surface area contributed by atoms with Crippen molar-refractivity contribution in [3.63, 3.8) is 0 Å². The number of nitrogens with zero attached hydrogens (tertiary/aromatic N) is 1. The van der Waals surface area contributed by atoms with E-state index in [2.05, 4.69) is 15.6 Å². The van der Waals surface area contributed by atoms with Crippen LogP contribution in [0.15, 0.2) is 59.6 Å². The number of hydrogen-bond acceptors (Lipinski definition) is 3. The summed E-state index contributed by atoms with van der Waals surface area (Å²) >= 11 is 0. The predicted molar refractivity (Wildman–Crippen MR) is 127 cm³/mol. The summed E-state index contributed by atoms with van der Waals surface area (Å²) in [6, 6.07) is 18.0. The van der Waals surface area contributed by atoms with Crippen LogP contribution in [0.2, 0.25) is 0 Å². The number of nitrogens with one attached hydrogen (secondary N) is 2. The van der Waals surface area contributed by atoms with E-state index in [-0.39, 0.29) is 42.6 Å². The van der Waals surface area contributed by atoms with E-state index >= 15 is 0 Å². The van der Waals surface area contributed by atoms with Gasteiger partial charge in [-0.25, -0.2) is 4.99 Å². The van der Waals surface area contributed by atoms with Gasteiger partial charge in [0, 0.05) is 19.0 Å². The molecule has 154 valence electrons. The Hall–Kier alpha value is -1.80. The van der Waals surface area contributed by atoms with Crippen LogP contribution in [0.3, 0.4) is 0 Å². The van der Waals surface area contributed by atoms with Crippen LogP contribution in [0.5, 0.6) is 5.75 Å². The zero-order chi connectivity index (χ0) is 19.5. The average Bonchev–Trinajstić information content (AvgIpc) is 2.68. The number of halogens is 1. The molecule has 3 N–H and O–H groups in total. The average molecular weight is 497 g/mol. The van der Waals surface area contributed by atoms with Gasteiger partial charge in [0.15, 0.2) is 5.96 Å². The Morgan fingerprint density at radius 3 is 2.29 bits per heavy atom. The lowest BCUT2D eigenvalue weighted by atomic mass is 10.0. The predicted octanol–water partition coefficient (Wildman–Crippen LogP) is 3.92. The van der Waals surface area contributed by atoms with E-state index in [9.17, 15) is 5.11 Å². The van der Waals surface area contributed by atoms with Crippen LogP contribution in [-0.2, 0) is 6.54 Å². The summed E-state index contributed by atoms with van der Waals surface area (Å²) in [5.74, 6) is 1.65. The zero-order valence-electron chi connectivity index (χ0n) is 16.9. The summed E-state index contributed by atoms with van der Waals surface area (Å²) in [5, 5.41) is 16.3. The lowest BCUT2D eigenvalue weighted by Gasteiger charge is -2.18. The minimum atomic E-state index is 0. The van der Waals surface area contributed by atoms with Crippen LogP contribution in [0.25, 0.3) is 0 Å². The summed E-state index contributed by atoms with van der Waals surface area (Å²) in [7, 11) is 0. The van der Waals surface area contributed by atoms with Crippen molar-refractivity contribution in [2.75, 3.05) is 19.7 Å².